The quantitative estimate of drug-likeness (QED) is 0.113. The summed E-state index contributed by atoms with van der Waals surface area (Å²) in [6.45, 7) is 7.49. The average Bonchev–Trinajstić information content (AvgIpc) is 3.35. The van der Waals surface area contributed by atoms with Crippen LogP contribution in [0.4, 0.5) is 0 Å². The van der Waals surface area contributed by atoms with Crippen LogP contribution in [0.5, 0.6) is 0 Å². The smallest absolute Gasteiger partial charge is 0.155 e. The monoisotopic (exact) mass is 687 g/mol. The van der Waals surface area contributed by atoms with Crippen molar-refractivity contribution in [1.29, 1.82) is 0 Å². The second-order valence-corrected chi connectivity index (χ2v) is 10.5. The number of carbonyl (C=O) groups is 1. The molecule has 39 heavy (non-hydrogen) atoms. The van der Waals surface area contributed by atoms with Crippen molar-refractivity contribution in [2.24, 2.45) is 0 Å². The van der Waals surface area contributed by atoms with E-state index >= 15 is 0 Å². The fraction of sp³-hybridized carbons (Fsp3) is 0.143. The molecule has 0 bridgehead atoms. The number of aliphatic hydroxyl groups is 1. The van der Waals surface area contributed by atoms with E-state index in [-0.39, 0.29) is 37.1 Å². The first-order valence-corrected chi connectivity index (χ1v) is 12.8. The molecule has 0 unspecified atom stereocenters. The zero-order chi connectivity index (χ0) is 26.6. The summed E-state index contributed by atoms with van der Waals surface area (Å²) >= 11 is 0. The minimum atomic E-state index is -0.125. The number of allylic oxidation sites excluding steroid dienone is 2. The number of pyridine rings is 1. The van der Waals surface area contributed by atoms with E-state index in [1.807, 2.05) is 0 Å². The largest absolute Gasteiger partial charge is 0.512 e. The Kier molecular flexibility index (Phi) is 6.88. The summed E-state index contributed by atoms with van der Waals surface area (Å²) in [6, 6.07) is 34.1. The van der Waals surface area contributed by atoms with Gasteiger partial charge in [-0.3, -0.25) is 9.78 Å². The molecular weight excluding hydrogens is 659 g/mol. The minimum Gasteiger partial charge on any atom is -0.512 e. The Hall–Kier alpha value is -3.85. The topological polar surface area (TPSA) is 50.2 Å². The van der Waals surface area contributed by atoms with E-state index in [4.69, 9.17) is 10.1 Å². The Morgan fingerprint density at radius 2 is 1.46 bits per heavy atom. The van der Waals surface area contributed by atoms with Crippen molar-refractivity contribution in [3.8, 4) is 44.6 Å². The Balaban J connectivity index is 0.000000345. The Bertz CT molecular complexity index is 1790. The molecule has 0 saturated heterocycles. The zero-order valence-electron chi connectivity index (χ0n) is 22.3. The van der Waals surface area contributed by atoms with Gasteiger partial charge in [-0.15, -0.1) is 29.3 Å². The molecule has 7 rings (SSSR count). The van der Waals surface area contributed by atoms with E-state index in [2.05, 4.69) is 105 Å². The molecule has 2 aliphatic rings. The van der Waals surface area contributed by atoms with Crippen molar-refractivity contribution in [2.75, 3.05) is 0 Å². The van der Waals surface area contributed by atoms with Gasteiger partial charge in [0.25, 0.3) is 0 Å². The number of aliphatic hydroxyl groups excluding tert-OH is 1. The fourth-order valence-electron chi connectivity index (χ4n) is 6.07. The molecule has 195 valence electrons. The minimum absolute atomic E-state index is 0. The van der Waals surface area contributed by atoms with Crippen LogP contribution in [-0.2, 0) is 30.3 Å². The van der Waals surface area contributed by atoms with E-state index in [1.165, 1.54) is 69.8 Å². The Morgan fingerprint density at radius 3 is 2.13 bits per heavy atom. The normalized spacial score (nSPS) is 13.5. The fourth-order valence-corrected chi connectivity index (χ4v) is 6.07. The molecule has 2 aliphatic carbocycles. The maximum Gasteiger partial charge on any atom is 0.155 e. The van der Waals surface area contributed by atoms with Gasteiger partial charge in [0.1, 0.15) is 0 Å². The zero-order valence-corrected chi connectivity index (χ0v) is 24.7. The molecule has 5 aromatic rings. The molecular formula is C35H28IrNO2-. The van der Waals surface area contributed by atoms with Crippen molar-refractivity contribution < 1.29 is 30.0 Å². The van der Waals surface area contributed by atoms with E-state index in [9.17, 15) is 4.79 Å². The van der Waals surface area contributed by atoms with Crippen LogP contribution in [0, 0.1) is 6.07 Å². The van der Waals surface area contributed by atoms with Crippen molar-refractivity contribution in [3.63, 3.8) is 0 Å². The predicted octanol–water partition coefficient (Wildman–Crippen LogP) is 8.69. The predicted molar refractivity (Wildman–Crippen MR) is 155 cm³/mol. The van der Waals surface area contributed by atoms with Gasteiger partial charge >= 0.3 is 0 Å². The van der Waals surface area contributed by atoms with E-state index in [0.717, 1.165) is 16.8 Å². The number of fused-ring (bicyclic) bond motifs is 6. The van der Waals surface area contributed by atoms with Crippen LogP contribution in [0.25, 0.3) is 55.5 Å². The number of hydrogen-bond donors (Lipinski definition) is 1. The standard InChI is InChI=1S/C30H20N.C5H8O2.Ir/c1-30(2)25-15-6-5-11-20(25)22-13-7-14-23(29(22)30)27-17-24-19-10-4-3-9-18(19)21-12-8-16-26(31-27)28(21)24;1-4(6)3-5(2)7;/h3-13,15-17H,1-2H3;3,6H,1-2H3;/q-1;;/b;4-3-;. The van der Waals surface area contributed by atoms with Gasteiger partial charge in [0.05, 0.1) is 11.3 Å². The van der Waals surface area contributed by atoms with Crippen LogP contribution >= 0.6 is 0 Å². The van der Waals surface area contributed by atoms with Crippen LogP contribution < -0.4 is 0 Å². The SMILES string of the molecule is CC(=O)/C=C(/C)O.CC1(C)c2ccccc2-c2cc[c-]c(-c3cc4c5c(cccc5n3)-c3ccccc3-4)c21.[Ir]. The van der Waals surface area contributed by atoms with E-state index in [1.54, 1.807) is 0 Å². The van der Waals surface area contributed by atoms with Gasteiger partial charge in [0, 0.05) is 31.6 Å². The summed E-state index contributed by atoms with van der Waals surface area (Å²) in [7, 11) is 0. The van der Waals surface area contributed by atoms with Gasteiger partial charge in [0.2, 0.25) is 0 Å². The van der Waals surface area contributed by atoms with Crippen LogP contribution in [0.2, 0.25) is 0 Å². The Morgan fingerprint density at radius 1 is 0.821 bits per heavy atom. The third kappa shape index (κ3) is 4.34. The summed E-state index contributed by atoms with van der Waals surface area (Å²) < 4.78 is 0. The van der Waals surface area contributed by atoms with Gasteiger partial charge in [-0.25, -0.2) is 0 Å². The second-order valence-electron chi connectivity index (χ2n) is 10.5. The summed E-state index contributed by atoms with van der Waals surface area (Å²) in [6.07, 6.45) is 1.17. The van der Waals surface area contributed by atoms with Gasteiger partial charge in [-0.2, -0.15) is 0 Å². The molecule has 1 radical (unpaired) electrons. The van der Waals surface area contributed by atoms with Gasteiger partial charge in [-0.05, 0) is 64.4 Å². The first-order chi connectivity index (χ1) is 18.3. The maximum atomic E-state index is 10.0. The molecule has 4 heteroatoms. The number of nitrogens with zero attached hydrogens (tertiary/aromatic N) is 1. The molecule has 0 amide bonds. The van der Waals surface area contributed by atoms with Crippen molar-refractivity contribution in [1.82, 2.24) is 4.98 Å². The van der Waals surface area contributed by atoms with Gasteiger partial charge < -0.3 is 5.11 Å². The maximum absolute atomic E-state index is 10.0. The first kappa shape index (κ1) is 26.7. The number of aromatic nitrogens is 1. The molecule has 1 N–H and O–H groups in total. The van der Waals surface area contributed by atoms with Gasteiger partial charge in [-0.1, -0.05) is 86.1 Å². The number of hydrogen-bond acceptors (Lipinski definition) is 3. The third-order valence-electron chi connectivity index (χ3n) is 7.52. The van der Waals surface area contributed by atoms with Crippen LogP contribution in [0.15, 0.2) is 96.8 Å². The summed E-state index contributed by atoms with van der Waals surface area (Å²) in [5, 5.41) is 9.63. The molecule has 0 fully saturated rings. The second kappa shape index (κ2) is 10.0. The molecule has 0 saturated carbocycles. The average molecular weight is 687 g/mol. The summed E-state index contributed by atoms with van der Waals surface area (Å²) in [4.78, 5) is 15.2. The van der Waals surface area contributed by atoms with E-state index < -0.39 is 0 Å². The molecule has 1 heterocycles. The van der Waals surface area contributed by atoms with Crippen LogP contribution in [-0.4, -0.2) is 15.9 Å². The van der Waals surface area contributed by atoms with Crippen molar-refractivity contribution >= 4 is 16.7 Å². The van der Waals surface area contributed by atoms with Crippen LogP contribution in [0.1, 0.15) is 38.8 Å². The summed E-state index contributed by atoms with van der Waals surface area (Å²) in [5.74, 6) is -0.0625. The molecule has 4 aromatic carbocycles. The van der Waals surface area contributed by atoms with Crippen molar-refractivity contribution in [2.45, 2.75) is 33.1 Å². The number of ketones is 1. The molecule has 1 aromatic heterocycles. The molecule has 0 spiro atoms. The molecule has 3 nitrogen and oxygen atoms in total. The number of carbonyl (C=O) groups excluding carboxylic acids is 1. The third-order valence-corrected chi connectivity index (χ3v) is 7.52. The number of benzene rings is 4. The van der Waals surface area contributed by atoms with Crippen molar-refractivity contribution in [3.05, 3.63) is 114 Å². The Labute approximate surface area is 242 Å². The first-order valence-electron chi connectivity index (χ1n) is 12.8. The van der Waals surface area contributed by atoms with E-state index in [0.29, 0.717) is 0 Å². The van der Waals surface area contributed by atoms with Crippen LogP contribution in [0.3, 0.4) is 0 Å². The number of rotatable bonds is 2. The van der Waals surface area contributed by atoms with Gasteiger partial charge in [0.15, 0.2) is 5.78 Å². The molecule has 0 aliphatic heterocycles. The molecule has 0 atom stereocenters. The summed E-state index contributed by atoms with van der Waals surface area (Å²) in [5.41, 5.74) is 13.6.